The molecule has 37 heavy (non-hydrogen) atoms. The van der Waals surface area contributed by atoms with Crippen LogP contribution in [0, 0.1) is 0 Å². The van der Waals surface area contributed by atoms with Gasteiger partial charge in [-0.1, -0.05) is 35.9 Å². The van der Waals surface area contributed by atoms with Crippen LogP contribution in [-0.2, 0) is 16.0 Å². The van der Waals surface area contributed by atoms with E-state index in [4.69, 9.17) is 16.3 Å². The van der Waals surface area contributed by atoms with E-state index in [-0.39, 0.29) is 18.5 Å². The van der Waals surface area contributed by atoms with Crippen molar-refractivity contribution in [1.29, 1.82) is 0 Å². The zero-order chi connectivity index (χ0) is 26.6. The van der Waals surface area contributed by atoms with E-state index >= 15 is 0 Å². The number of halogens is 4. The molecule has 2 atom stereocenters. The topological polar surface area (TPSA) is 74.4 Å². The predicted octanol–water partition coefficient (Wildman–Crippen LogP) is 5.81. The van der Waals surface area contributed by atoms with Gasteiger partial charge in [0.1, 0.15) is 6.10 Å². The molecule has 1 saturated heterocycles. The first-order valence-corrected chi connectivity index (χ1v) is 12.7. The molecule has 1 aliphatic heterocycles. The summed E-state index contributed by atoms with van der Waals surface area (Å²) < 4.78 is 43.4. The van der Waals surface area contributed by atoms with Gasteiger partial charge >= 0.3 is 12.1 Å². The van der Waals surface area contributed by atoms with Crippen LogP contribution >= 0.6 is 11.6 Å². The average molecular weight is 536 g/mol. The highest BCUT2D eigenvalue weighted by Gasteiger charge is 2.42. The number of carbonyl (C=O) groups is 2. The number of aromatic amines is 1. The van der Waals surface area contributed by atoms with Crippen LogP contribution in [0.5, 0.6) is 0 Å². The number of rotatable bonds is 8. The molecule has 6 nitrogen and oxygen atoms in total. The van der Waals surface area contributed by atoms with Gasteiger partial charge in [0.15, 0.2) is 0 Å². The number of benzene rings is 2. The van der Waals surface area contributed by atoms with Crippen molar-refractivity contribution >= 4 is 34.4 Å². The Morgan fingerprint density at radius 1 is 1.14 bits per heavy atom. The van der Waals surface area contributed by atoms with Gasteiger partial charge in [-0.2, -0.15) is 13.2 Å². The van der Waals surface area contributed by atoms with Gasteiger partial charge in [-0.15, -0.1) is 0 Å². The monoisotopic (exact) mass is 535 g/mol. The van der Waals surface area contributed by atoms with Crippen LogP contribution in [-0.4, -0.2) is 53.6 Å². The van der Waals surface area contributed by atoms with Crippen LogP contribution < -0.4 is 5.32 Å². The molecule has 0 radical (unpaired) electrons. The van der Waals surface area contributed by atoms with Gasteiger partial charge < -0.3 is 19.9 Å². The summed E-state index contributed by atoms with van der Waals surface area (Å²) >= 11 is 6.00. The minimum Gasteiger partial charge on any atom is -0.449 e. The molecule has 2 heterocycles. The van der Waals surface area contributed by atoms with Crippen LogP contribution in [0.3, 0.4) is 0 Å². The van der Waals surface area contributed by atoms with E-state index in [1.807, 2.05) is 36.2 Å². The molecule has 198 valence electrons. The van der Waals surface area contributed by atoms with Crippen LogP contribution in [0.1, 0.15) is 53.8 Å². The SMILES string of the molecule is C[C@H](Cc1c[nH]c2c(C(=O)N3CCCCC3)cccc12)NC[C@@H](OC(=O)C(F)(F)F)c1cccc(Cl)c1. The predicted molar refractivity (Wildman–Crippen MR) is 136 cm³/mol. The van der Waals surface area contributed by atoms with Crippen molar-refractivity contribution in [3.05, 3.63) is 70.4 Å². The fourth-order valence-corrected chi connectivity index (χ4v) is 4.87. The maximum atomic E-state index is 13.1. The first-order chi connectivity index (χ1) is 17.6. The van der Waals surface area contributed by atoms with Gasteiger partial charge in [0, 0.05) is 42.3 Å². The molecule has 2 aromatic carbocycles. The lowest BCUT2D eigenvalue weighted by Crippen LogP contribution is -2.36. The third-order valence-electron chi connectivity index (χ3n) is 6.55. The quantitative estimate of drug-likeness (QED) is 0.357. The number of likely N-dealkylation sites (tertiary alicyclic amines) is 1. The largest absolute Gasteiger partial charge is 0.490 e. The van der Waals surface area contributed by atoms with Gasteiger partial charge in [0.2, 0.25) is 0 Å². The zero-order valence-electron chi connectivity index (χ0n) is 20.4. The van der Waals surface area contributed by atoms with E-state index in [0.717, 1.165) is 48.8 Å². The van der Waals surface area contributed by atoms with Gasteiger partial charge in [-0.3, -0.25) is 4.79 Å². The number of amides is 1. The average Bonchev–Trinajstić information content (AvgIpc) is 3.28. The van der Waals surface area contributed by atoms with Crippen molar-refractivity contribution in [1.82, 2.24) is 15.2 Å². The van der Waals surface area contributed by atoms with Crippen molar-refractivity contribution in [3.63, 3.8) is 0 Å². The number of hydrogen-bond donors (Lipinski definition) is 2. The number of carbonyl (C=O) groups excluding carboxylic acids is 2. The van der Waals surface area contributed by atoms with E-state index in [0.29, 0.717) is 22.6 Å². The second-order valence-electron chi connectivity index (χ2n) is 9.36. The van der Waals surface area contributed by atoms with Crippen LogP contribution in [0.4, 0.5) is 13.2 Å². The Balaban J connectivity index is 1.46. The minimum atomic E-state index is -5.10. The summed E-state index contributed by atoms with van der Waals surface area (Å²) in [5, 5.41) is 4.42. The number of para-hydroxylation sites is 1. The summed E-state index contributed by atoms with van der Waals surface area (Å²) in [7, 11) is 0. The minimum absolute atomic E-state index is 0.0146. The molecule has 3 aromatic rings. The molecule has 1 aliphatic rings. The second kappa shape index (κ2) is 11.6. The lowest BCUT2D eigenvalue weighted by Gasteiger charge is -2.27. The maximum absolute atomic E-state index is 13.1. The highest BCUT2D eigenvalue weighted by Crippen LogP contribution is 2.27. The molecular weight excluding hydrogens is 507 g/mol. The summed E-state index contributed by atoms with van der Waals surface area (Å²) in [6, 6.07) is 11.7. The molecule has 1 fully saturated rings. The molecule has 10 heteroatoms. The Labute approximate surface area is 218 Å². The van der Waals surface area contributed by atoms with Gasteiger partial charge in [-0.05, 0) is 61.9 Å². The molecule has 4 rings (SSSR count). The Bertz CT molecular complexity index is 1250. The standard InChI is InChI=1S/C27H29ClF3N3O3/c1-17(32-16-23(37-26(36)27(29,30)31)18-7-5-8-20(28)14-18)13-19-15-33-24-21(19)9-6-10-22(24)25(35)34-11-3-2-4-12-34/h5-10,14-15,17,23,32-33H,2-4,11-13,16H2,1H3/t17-,23-/m1/s1. The lowest BCUT2D eigenvalue weighted by molar-refractivity contribution is -0.205. The number of nitrogens with one attached hydrogen (secondary N) is 2. The smallest absolute Gasteiger partial charge is 0.449 e. The van der Waals surface area contributed by atoms with Crippen molar-refractivity contribution in [3.8, 4) is 0 Å². The molecule has 0 unspecified atom stereocenters. The Morgan fingerprint density at radius 2 is 1.86 bits per heavy atom. The summed E-state index contributed by atoms with van der Waals surface area (Å²) in [6.07, 6.45) is -0.725. The number of ether oxygens (including phenoxy) is 1. The van der Waals surface area contributed by atoms with Crippen LogP contribution in [0.25, 0.3) is 10.9 Å². The van der Waals surface area contributed by atoms with Gasteiger partial charge in [0.25, 0.3) is 5.91 Å². The normalized spacial score (nSPS) is 16.0. The van der Waals surface area contributed by atoms with Crippen molar-refractivity contribution in [2.24, 2.45) is 0 Å². The number of alkyl halides is 3. The first kappa shape index (κ1) is 27.0. The highest BCUT2D eigenvalue weighted by atomic mass is 35.5. The number of nitrogens with zero attached hydrogens (tertiary/aromatic N) is 1. The molecular formula is C27H29ClF3N3O3. The van der Waals surface area contributed by atoms with E-state index in [9.17, 15) is 22.8 Å². The van der Waals surface area contributed by atoms with Gasteiger partial charge in [0.05, 0.1) is 11.1 Å². The third kappa shape index (κ3) is 6.64. The number of fused-ring (bicyclic) bond motifs is 1. The van der Waals surface area contributed by atoms with E-state index < -0.39 is 18.2 Å². The second-order valence-corrected chi connectivity index (χ2v) is 9.79. The van der Waals surface area contributed by atoms with E-state index in [1.165, 1.54) is 6.07 Å². The number of H-pyrrole nitrogens is 1. The number of hydrogen-bond acceptors (Lipinski definition) is 4. The van der Waals surface area contributed by atoms with Crippen molar-refractivity contribution < 1.29 is 27.5 Å². The molecule has 0 spiro atoms. The third-order valence-corrected chi connectivity index (χ3v) is 6.79. The molecule has 0 aliphatic carbocycles. The Morgan fingerprint density at radius 3 is 2.57 bits per heavy atom. The highest BCUT2D eigenvalue weighted by molar-refractivity contribution is 6.30. The lowest BCUT2D eigenvalue weighted by atomic mass is 10.0. The van der Waals surface area contributed by atoms with Crippen LogP contribution in [0.15, 0.2) is 48.7 Å². The molecule has 0 saturated carbocycles. The Hall–Kier alpha value is -3.04. The summed E-state index contributed by atoms with van der Waals surface area (Å²) in [6.45, 7) is 3.37. The van der Waals surface area contributed by atoms with Gasteiger partial charge in [-0.25, -0.2) is 4.79 Å². The van der Waals surface area contributed by atoms with E-state index in [2.05, 4.69) is 10.3 Å². The first-order valence-electron chi connectivity index (χ1n) is 12.3. The summed E-state index contributed by atoms with van der Waals surface area (Å²) in [5.41, 5.74) is 2.73. The van der Waals surface area contributed by atoms with E-state index in [1.54, 1.807) is 18.2 Å². The maximum Gasteiger partial charge on any atom is 0.490 e. The summed E-state index contributed by atoms with van der Waals surface area (Å²) in [4.78, 5) is 29.8. The summed E-state index contributed by atoms with van der Waals surface area (Å²) in [5.74, 6) is -2.24. The van der Waals surface area contributed by atoms with Crippen molar-refractivity contribution in [2.45, 2.75) is 50.9 Å². The molecule has 0 bridgehead atoms. The number of aromatic nitrogens is 1. The molecule has 1 aromatic heterocycles. The Kier molecular flexibility index (Phi) is 8.44. The zero-order valence-corrected chi connectivity index (χ0v) is 21.2. The molecule has 1 amide bonds. The van der Waals surface area contributed by atoms with Crippen molar-refractivity contribution in [2.75, 3.05) is 19.6 Å². The molecule has 2 N–H and O–H groups in total. The number of esters is 1. The van der Waals surface area contributed by atoms with Crippen LogP contribution in [0.2, 0.25) is 5.02 Å². The fraction of sp³-hybridized carbons (Fsp3) is 0.407. The number of piperidine rings is 1. The fourth-order valence-electron chi connectivity index (χ4n) is 4.67.